The first-order chi connectivity index (χ1) is 12.5. The summed E-state index contributed by atoms with van der Waals surface area (Å²) in [5.74, 6) is -0.0452. The van der Waals surface area contributed by atoms with Gasteiger partial charge in [0.1, 0.15) is 0 Å². The standard InChI is InChI=1S/C20H32O5S/c21-20(22)11-7-2-1-6-10-16-17(19-13-12-18(16)25-19)14-26(23,24)15-8-4-3-5-9-15/h1,6,15-19H,2-5,7-14H2,(H,21,22)/t16-,17+,18-,19+/m1/s1. The lowest BCUT2D eigenvalue weighted by Crippen LogP contribution is -2.37. The third-order valence-electron chi connectivity index (χ3n) is 6.41. The minimum absolute atomic E-state index is 0.115. The molecule has 0 radical (unpaired) electrons. The van der Waals surface area contributed by atoms with Crippen LogP contribution in [-0.2, 0) is 19.4 Å². The first kappa shape index (κ1) is 19.9. The van der Waals surface area contributed by atoms with Crippen LogP contribution in [0.25, 0.3) is 0 Å². The van der Waals surface area contributed by atoms with Gasteiger partial charge in [-0.15, -0.1) is 0 Å². The second kappa shape index (κ2) is 8.87. The molecular weight excluding hydrogens is 352 g/mol. The van der Waals surface area contributed by atoms with Crippen molar-refractivity contribution in [3.8, 4) is 0 Å². The minimum Gasteiger partial charge on any atom is -0.481 e. The molecule has 1 aliphatic carbocycles. The molecule has 148 valence electrons. The van der Waals surface area contributed by atoms with Gasteiger partial charge in [0.25, 0.3) is 0 Å². The van der Waals surface area contributed by atoms with Gasteiger partial charge < -0.3 is 9.84 Å². The van der Waals surface area contributed by atoms with Gasteiger partial charge in [0, 0.05) is 12.3 Å². The zero-order chi connectivity index (χ0) is 18.6. The van der Waals surface area contributed by atoms with Gasteiger partial charge in [-0.05, 0) is 50.9 Å². The monoisotopic (exact) mass is 384 g/mol. The van der Waals surface area contributed by atoms with E-state index in [1.807, 2.05) is 6.08 Å². The molecule has 4 atom stereocenters. The van der Waals surface area contributed by atoms with Crippen LogP contribution in [-0.4, -0.2) is 42.7 Å². The molecule has 6 heteroatoms. The summed E-state index contributed by atoms with van der Waals surface area (Å²) < 4.78 is 31.9. The van der Waals surface area contributed by atoms with Gasteiger partial charge in [0.2, 0.25) is 0 Å². The highest BCUT2D eigenvalue weighted by Gasteiger charge is 2.50. The largest absolute Gasteiger partial charge is 0.481 e. The number of carboxylic acid groups (broad SMARTS) is 1. The van der Waals surface area contributed by atoms with Crippen molar-refractivity contribution in [3.63, 3.8) is 0 Å². The Morgan fingerprint density at radius 2 is 1.69 bits per heavy atom. The Morgan fingerprint density at radius 3 is 2.38 bits per heavy atom. The normalized spacial score (nSPS) is 32.5. The summed E-state index contributed by atoms with van der Waals surface area (Å²) >= 11 is 0. The summed E-state index contributed by atoms with van der Waals surface area (Å²) in [5.41, 5.74) is 0. The van der Waals surface area contributed by atoms with Crippen LogP contribution in [0, 0.1) is 11.8 Å². The lowest BCUT2D eigenvalue weighted by atomic mass is 9.78. The first-order valence-corrected chi connectivity index (χ1v) is 11.9. The predicted molar refractivity (Wildman–Crippen MR) is 101 cm³/mol. The van der Waals surface area contributed by atoms with Crippen LogP contribution in [0.4, 0.5) is 0 Å². The van der Waals surface area contributed by atoms with Crippen molar-refractivity contribution in [2.45, 2.75) is 88.1 Å². The molecule has 0 amide bonds. The van der Waals surface area contributed by atoms with Gasteiger partial charge >= 0.3 is 5.97 Å². The zero-order valence-electron chi connectivity index (χ0n) is 15.5. The van der Waals surface area contributed by atoms with Crippen LogP contribution < -0.4 is 0 Å². The average Bonchev–Trinajstić information content (AvgIpc) is 3.20. The highest BCUT2D eigenvalue weighted by molar-refractivity contribution is 7.92. The lowest BCUT2D eigenvalue weighted by Gasteiger charge is -2.29. The van der Waals surface area contributed by atoms with Crippen molar-refractivity contribution >= 4 is 15.8 Å². The quantitative estimate of drug-likeness (QED) is 0.484. The van der Waals surface area contributed by atoms with E-state index in [4.69, 9.17) is 9.84 Å². The Labute approximate surface area is 157 Å². The van der Waals surface area contributed by atoms with Crippen molar-refractivity contribution in [1.82, 2.24) is 0 Å². The second-order valence-corrected chi connectivity index (χ2v) is 10.5. The Morgan fingerprint density at radius 1 is 1.00 bits per heavy atom. The number of aliphatic carboxylic acids is 1. The molecule has 1 saturated carbocycles. The van der Waals surface area contributed by atoms with E-state index in [1.54, 1.807) is 0 Å². The van der Waals surface area contributed by atoms with Gasteiger partial charge in [0.15, 0.2) is 9.84 Å². The van der Waals surface area contributed by atoms with E-state index >= 15 is 0 Å². The second-order valence-electron chi connectivity index (χ2n) is 8.20. The molecule has 26 heavy (non-hydrogen) atoms. The van der Waals surface area contributed by atoms with Crippen LogP contribution >= 0.6 is 0 Å². The molecule has 2 bridgehead atoms. The first-order valence-electron chi connectivity index (χ1n) is 10.2. The maximum absolute atomic E-state index is 12.9. The fraction of sp³-hybridized carbons (Fsp3) is 0.850. The number of fused-ring (bicyclic) bond motifs is 2. The smallest absolute Gasteiger partial charge is 0.303 e. The number of unbranched alkanes of at least 4 members (excludes halogenated alkanes) is 1. The van der Waals surface area contributed by atoms with Crippen LogP contribution in [0.3, 0.4) is 0 Å². The fourth-order valence-corrected chi connectivity index (χ4v) is 7.32. The third-order valence-corrected chi connectivity index (χ3v) is 8.75. The van der Waals surface area contributed by atoms with Crippen molar-refractivity contribution in [1.29, 1.82) is 0 Å². The average molecular weight is 385 g/mol. The van der Waals surface area contributed by atoms with Gasteiger partial charge in [-0.25, -0.2) is 8.42 Å². The molecule has 0 unspecified atom stereocenters. The lowest BCUT2D eigenvalue weighted by molar-refractivity contribution is -0.137. The number of hydrogen-bond donors (Lipinski definition) is 1. The molecule has 2 saturated heterocycles. The molecule has 3 rings (SSSR count). The highest BCUT2D eigenvalue weighted by Crippen LogP contribution is 2.46. The van der Waals surface area contributed by atoms with E-state index in [2.05, 4.69) is 6.08 Å². The molecule has 5 nitrogen and oxygen atoms in total. The van der Waals surface area contributed by atoms with Crippen molar-refractivity contribution < 1.29 is 23.1 Å². The van der Waals surface area contributed by atoms with E-state index < -0.39 is 15.8 Å². The number of sulfone groups is 1. The molecule has 0 aromatic carbocycles. The topological polar surface area (TPSA) is 80.7 Å². The Hall–Kier alpha value is -0.880. The van der Waals surface area contributed by atoms with Crippen LogP contribution in [0.1, 0.15) is 70.6 Å². The minimum atomic E-state index is -3.04. The van der Waals surface area contributed by atoms with Crippen molar-refractivity contribution in [2.24, 2.45) is 11.8 Å². The van der Waals surface area contributed by atoms with Crippen molar-refractivity contribution in [2.75, 3.05) is 5.75 Å². The maximum atomic E-state index is 12.9. The summed E-state index contributed by atoms with van der Waals surface area (Å²) in [6.45, 7) is 0. The van der Waals surface area contributed by atoms with Crippen LogP contribution in [0.2, 0.25) is 0 Å². The number of carbonyl (C=O) groups is 1. The third kappa shape index (κ3) is 4.89. The molecule has 1 N–H and O–H groups in total. The summed E-state index contributed by atoms with van der Waals surface area (Å²) in [4.78, 5) is 10.5. The van der Waals surface area contributed by atoms with E-state index in [1.165, 1.54) is 6.42 Å². The zero-order valence-corrected chi connectivity index (χ0v) is 16.3. The van der Waals surface area contributed by atoms with E-state index in [0.29, 0.717) is 12.3 Å². The van der Waals surface area contributed by atoms with E-state index in [-0.39, 0.29) is 35.5 Å². The predicted octanol–water partition coefficient (Wildman–Crippen LogP) is 3.73. The van der Waals surface area contributed by atoms with Crippen molar-refractivity contribution in [3.05, 3.63) is 12.2 Å². The Balaban J connectivity index is 1.55. The molecule has 2 heterocycles. The SMILES string of the molecule is O=C(O)CCCC=CC[C@@H]1[C@H](CS(=O)(=O)C2CCCCC2)[C@@H]2CC[C@H]1O2. The van der Waals surface area contributed by atoms with Gasteiger partial charge in [0.05, 0.1) is 23.2 Å². The number of hydrogen-bond acceptors (Lipinski definition) is 4. The number of allylic oxidation sites excluding steroid dienone is 2. The van der Waals surface area contributed by atoms with Crippen LogP contribution in [0.5, 0.6) is 0 Å². The van der Waals surface area contributed by atoms with Gasteiger partial charge in [-0.3, -0.25) is 4.79 Å². The summed E-state index contributed by atoms with van der Waals surface area (Å²) in [6, 6.07) is 0. The number of rotatable bonds is 9. The Bertz CT molecular complexity index is 606. The summed E-state index contributed by atoms with van der Waals surface area (Å²) in [6.07, 6.45) is 13.9. The van der Waals surface area contributed by atoms with E-state index in [9.17, 15) is 13.2 Å². The molecule has 3 aliphatic rings. The number of ether oxygens (including phenoxy) is 1. The molecule has 0 aromatic rings. The van der Waals surface area contributed by atoms with Crippen LogP contribution in [0.15, 0.2) is 12.2 Å². The number of carboxylic acids is 1. The highest BCUT2D eigenvalue weighted by atomic mass is 32.2. The van der Waals surface area contributed by atoms with E-state index in [0.717, 1.165) is 51.4 Å². The molecule has 2 aliphatic heterocycles. The van der Waals surface area contributed by atoms with Gasteiger partial charge in [-0.1, -0.05) is 31.4 Å². The van der Waals surface area contributed by atoms with Gasteiger partial charge in [-0.2, -0.15) is 0 Å². The summed E-state index contributed by atoms with van der Waals surface area (Å²) in [7, 11) is -3.04. The molecule has 0 spiro atoms. The summed E-state index contributed by atoms with van der Waals surface area (Å²) in [5, 5.41) is 8.53. The fourth-order valence-electron chi connectivity index (χ4n) is 5.00. The molecular formula is C20H32O5S. The molecule has 3 fully saturated rings. The Kier molecular flexibility index (Phi) is 6.78. The maximum Gasteiger partial charge on any atom is 0.303 e. The molecule has 0 aromatic heterocycles.